The van der Waals surface area contributed by atoms with Gasteiger partial charge in [0.25, 0.3) is 0 Å². The second-order valence-electron chi connectivity index (χ2n) is 4.29. The molecule has 1 aliphatic carbocycles. The Bertz CT molecular complexity index is 280. The van der Waals surface area contributed by atoms with Crippen molar-refractivity contribution in [2.24, 2.45) is 0 Å². The van der Waals surface area contributed by atoms with E-state index in [1.165, 1.54) is 23.1 Å². The molecule has 0 amide bonds. The van der Waals surface area contributed by atoms with Gasteiger partial charge in [-0.05, 0) is 51.9 Å². The van der Waals surface area contributed by atoms with E-state index in [-0.39, 0.29) is 0 Å². The lowest BCUT2D eigenvalue weighted by Gasteiger charge is -2.16. The van der Waals surface area contributed by atoms with E-state index in [1.54, 1.807) is 0 Å². The lowest BCUT2D eigenvalue weighted by molar-refractivity contribution is 0.412. The minimum Gasteiger partial charge on any atom is -0.309 e. The number of hydrogen-bond acceptors (Lipinski definition) is 1. The summed E-state index contributed by atoms with van der Waals surface area (Å²) in [5.41, 5.74) is 4.51. The smallest absolute Gasteiger partial charge is 0.00126 e. The molecule has 0 unspecified atom stereocenters. The number of rotatable bonds is 3. The summed E-state index contributed by atoms with van der Waals surface area (Å²) < 4.78 is 0. The molecule has 0 aliphatic heterocycles. The van der Waals surface area contributed by atoms with Crippen LogP contribution in [0.3, 0.4) is 0 Å². The third kappa shape index (κ3) is 3.15. The predicted molar refractivity (Wildman–Crippen MR) is 63.4 cm³/mol. The molecule has 0 aromatic carbocycles. The molecule has 14 heavy (non-hydrogen) atoms. The molecule has 1 nitrogen and oxygen atoms in total. The highest BCUT2D eigenvalue weighted by Gasteiger charge is 2.06. The van der Waals surface area contributed by atoms with Crippen LogP contribution in [0.15, 0.2) is 34.9 Å². The molecule has 78 valence electrons. The van der Waals surface area contributed by atoms with E-state index in [4.69, 9.17) is 0 Å². The van der Waals surface area contributed by atoms with E-state index in [2.05, 4.69) is 51.1 Å². The molecule has 0 bridgehead atoms. The lowest BCUT2D eigenvalue weighted by atomic mass is 9.93. The zero-order valence-corrected chi connectivity index (χ0v) is 9.80. The van der Waals surface area contributed by atoms with E-state index >= 15 is 0 Å². The van der Waals surface area contributed by atoms with Gasteiger partial charge in [-0.2, -0.15) is 0 Å². The van der Waals surface area contributed by atoms with Gasteiger partial charge in [0.15, 0.2) is 0 Å². The molecule has 0 saturated heterocycles. The second kappa shape index (κ2) is 5.16. The van der Waals surface area contributed by atoms with Crippen molar-refractivity contribution in [3.8, 4) is 0 Å². The first-order valence-corrected chi connectivity index (χ1v) is 5.28. The highest BCUT2D eigenvalue weighted by atomic mass is 15.0. The van der Waals surface area contributed by atoms with Crippen molar-refractivity contribution in [1.29, 1.82) is 0 Å². The normalized spacial score (nSPS) is 19.9. The molecule has 0 spiro atoms. The van der Waals surface area contributed by atoms with Gasteiger partial charge < -0.3 is 4.90 Å². The average Bonchev–Trinajstić information content (AvgIpc) is 2.15. The Morgan fingerprint density at radius 1 is 1.43 bits per heavy atom. The molecule has 0 N–H and O–H groups in total. The summed E-state index contributed by atoms with van der Waals surface area (Å²) in [7, 11) is 4.25. The quantitative estimate of drug-likeness (QED) is 0.662. The van der Waals surface area contributed by atoms with Crippen molar-refractivity contribution in [3.05, 3.63) is 34.9 Å². The second-order valence-corrected chi connectivity index (χ2v) is 4.29. The Morgan fingerprint density at radius 2 is 2.14 bits per heavy atom. The lowest BCUT2D eigenvalue weighted by Crippen LogP contribution is -2.13. The maximum Gasteiger partial charge on any atom is 0.00126 e. The number of hydrogen-bond donors (Lipinski definition) is 0. The summed E-state index contributed by atoms with van der Waals surface area (Å²) in [6.45, 7) is 5.61. The van der Waals surface area contributed by atoms with Crippen LogP contribution in [0.1, 0.15) is 26.7 Å². The minimum absolute atomic E-state index is 1.11. The molecule has 0 fully saturated rings. The van der Waals surface area contributed by atoms with Crippen molar-refractivity contribution < 1.29 is 0 Å². The van der Waals surface area contributed by atoms with E-state index in [0.29, 0.717) is 0 Å². The molecule has 0 atom stereocenters. The predicted octanol–water partition coefficient (Wildman–Crippen LogP) is 3.16. The van der Waals surface area contributed by atoms with Crippen LogP contribution in [-0.4, -0.2) is 25.5 Å². The SMILES string of the molecule is CC1=CC=CC/C1=C(/C)CCN(C)C. The van der Waals surface area contributed by atoms with Gasteiger partial charge in [0.1, 0.15) is 0 Å². The summed E-state index contributed by atoms with van der Waals surface area (Å²) in [5.74, 6) is 0. The van der Waals surface area contributed by atoms with Gasteiger partial charge in [0, 0.05) is 6.54 Å². The van der Waals surface area contributed by atoms with Crippen molar-refractivity contribution in [1.82, 2.24) is 4.90 Å². The fourth-order valence-corrected chi connectivity index (χ4v) is 1.71. The highest BCUT2D eigenvalue weighted by Crippen LogP contribution is 2.24. The molecular weight excluding hydrogens is 170 g/mol. The van der Waals surface area contributed by atoms with Crippen molar-refractivity contribution in [2.75, 3.05) is 20.6 Å². The van der Waals surface area contributed by atoms with Crippen molar-refractivity contribution >= 4 is 0 Å². The van der Waals surface area contributed by atoms with Crippen LogP contribution in [0.4, 0.5) is 0 Å². The Labute approximate surface area is 87.8 Å². The largest absolute Gasteiger partial charge is 0.309 e. The molecular formula is C13H21N. The number of allylic oxidation sites excluding steroid dienone is 5. The van der Waals surface area contributed by atoms with E-state index < -0.39 is 0 Å². The van der Waals surface area contributed by atoms with E-state index in [1.807, 2.05) is 0 Å². The molecule has 1 heteroatoms. The van der Waals surface area contributed by atoms with Gasteiger partial charge in [-0.3, -0.25) is 0 Å². The fourth-order valence-electron chi connectivity index (χ4n) is 1.71. The average molecular weight is 191 g/mol. The summed E-state index contributed by atoms with van der Waals surface area (Å²) >= 11 is 0. The maximum absolute atomic E-state index is 2.26. The molecule has 0 saturated carbocycles. The van der Waals surface area contributed by atoms with Crippen LogP contribution in [0.25, 0.3) is 0 Å². The first-order chi connectivity index (χ1) is 6.61. The van der Waals surface area contributed by atoms with Gasteiger partial charge in [-0.25, -0.2) is 0 Å². The van der Waals surface area contributed by atoms with Crippen molar-refractivity contribution in [3.63, 3.8) is 0 Å². The minimum atomic E-state index is 1.11. The van der Waals surface area contributed by atoms with E-state index in [9.17, 15) is 0 Å². The summed E-state index contributed by atoms with van der Waals surface area (Å²) in [6, 6.07) is 0. The summed E-state index contributed by atoms with van der Waals surface area (Å²) in [5, 5.41) is 0. The van der Waals surface area contributed by atoms with E-state index in [0.717, 1.165) is 13.0 Å². The molecule has 0 aromatic heterocycles. The van der Waals surface area contributed by atoms with Crippen molar-refractivity contribution in [2.45, 2.75) is 26.7 Å². The van der Waals surface area contributed by atoms with Crippen LogP contribution < -0.4 is 0 Å². The topological polar surface area (TPSA) is 3.24 Å². The molecule has 1 aliphatic rings. The van der Waals surface area contributed by atoms with Gasteiger partial charge in [0.2, 0.25) is 0 Å². The summed E-state index contributed by atoms with van der Waals surface area (Å²) in [4.78, 5) is 2.24. The zero-order chi connectivity index (χ0) is 10.6. The Balaban J connectivity index is 2.64. The first-order valence-electron chi connectivity index (χ1n) is 5.28. The third-order valence-electron chi connectivity index (χ3n) is 2.73. The van der Waals surface area contributed by atoms with Crippen LogP contribution in [0.5, 0.6) is 0 Å². The molecule has 0 heterocycles. The highest BCUT2D eigenvalue weighted by molar-refractivity contribution is 5.40. The van der Waals surface area contributed by atoms with Gasteiger partial charge in [-0.15, -0.1) is 0 Å². The standard InChI is InChI=1S/C13H21N/c1-11-7-5-6-8-13(11)12(2)9-10-14(3)4/h5-7H,8-10H2,1-4H3/b13-12+. The summed E-state index contributed by atoms with van der Waals surface area (Å²) in [6.07, 6.45) is 8.89. The Kier molecular flexibility index (Phi) is 4.15. The van der Waals surface area contributed by atoms with Gasteiger partial charge in [-0.1, -0.05) is 23.8 Å². The first kappa shape index (κ1) is 11.3. The monoisotopic (exact) mass is 191 g/mol. The van der Waals surface area contributed by atoms with Crippen LogP contribution in [0.2, 0.25) is 0 Å². The van der Waals surface area contributed by atoms with Gasteiger partial charge in [0.05, 0.1) is 0 Å². The van der Waals surface area contributed by atoms with Crippen LogP contribution >= 0.6 is 0 Å². The zero-order valence-electron chi connectivity index (χ0n) is 9.80. The maximum atomic E-state index is 2.26. The number of nitrogens with zero attached hydrogens (tertiary/aromatic N) is 1. The fraction of sp³-hybridized carbons (Fsp3) is 0.538. The van der Waals surface area contributed by atoms with Crippen LogP contribution in [0, 0.1) is 0 Å². The third-order valence-corrected chi connectivity index (χ3v) is 2.73. The Hall–Kier alpha value is -0.820. The molecule has 0 radical (unpaired) electrons. The molecule has 1 rings (SSSR count). The molecule has 0 aromatic rings. The van der Waals surface area contributed by atoms with Gasteiger partial charge >= 0.3 is 0 Å². The Morgan fingerprint density at radius 3 is 2.71 bits per heavy atom. The van der Waals surface area contributed by atoms with Crippen LogP contribution in [-0.2, 0) is 0 Å².